The molecular weight excluding hydrogens is 234 g/mol. The van der Waals surface area contributed by atoms with Crippen LogP contribution in [-0.2, 0) is 0 Å². The van der Waals surface area contributed by atoms with E-state index in [-0.39, 0.29) is 5.02 Å². The summed E-state index contributed by atoms with van der Waals surface area (Å²) in [6.45, 7) is 0. The fourth-order valence-electron chi connectivity index (χ4n) is 1.30. The predicted octanol–water partition coefficient (Wildman–Crippen LogP) is 4.60. The highest BCUT2D eigenvalue weighted by Gasteiger charge is 2.05. The quantitative estimate of drug-likeness (QED) is 0.683. The topological polar surface area (TPSA) is 0 Å². The standard InChI is InChI=1S/C12H6Cl2F/c13-10-4-2-1-3-9(10)8-5-6-11(14)12(15)7-8/h2-7H. The summed E-state index contributed by atoms with van der Waals surface area (Å²) in [5.41, 5.74) is 1.44. The molecule has 0 saturated heterocycles. The predicted molar refractivity (Wildman–Crippen MR) is 60.7 cm³/mol. The van der Waals surface area contributed by atoms with Crippen LogP contribution >= 0.6 is 23.2 Å². The zero-order chi connectivity index (χ0) is 10.8. The van der Waals surface area contributed by atoms with Crippen molar-refractivity contribution in [2.75, 3.05) is 0 Å². The van der Waals surface area contributed by atoms with E-state index >= 15 is 0 Å². The second kappa shape index (κ2) is 4.21. The third kappa shape index (κ3) is 2.14. The third-order valence-corrected chi connectivity index (χ3v) is 2.68. The Morgan fingerprint density at radius 2 is 1.87 bits per heavy atom. The van der Waals surface area contributed by atoms with E-state index in [1.807, 2.05) is 0 Å². The van der Waals surface area contributed by atoms with Gasteiger partial charge in [0.15, 0.2) is 0 Å². The Hall–Kier alpha value is -1.05. The summed E-state index contributed by atoms with van der Waals surface area (Å²) in [7, 11) is 0. The Kier molecular flexibility index (Phi) is 2.94. The average Bonchev–Trinajstić information content (AvgIpc) is 2.23. The van der Waals surface area contributed by atoms with Crippen molar-refractivity contribution < 1.29 is 4.39 Å². The van der Waals surface area contributed by atoms with Gasteiger partial charge >= 0.3 is 0 Å². The monoisotopic (exact) mass is 239 g/mol. The van der Waals surface area contributed by atoms with Gasteiger partial charge in [0.2, 0.25) is 0 Å². The van der Waals surface area contributed by atoms with Gasteiger partial charge < -0.3 is 0 Å². The molecule has 0 saturated carbocycles. The van der Waals surface area contributed by atoms with Crippen molar-refractivity contribution >= 4 is 23.2 Å². The Labute approximate surface area is 97.3 Å². The Bertz CT molecular complexity index is 495. The van der Waals surface area contributed by atoms with Crippen LogP contribution < -0.4 is 0 Å². The average molecular weight is 240 g/mol. The fraction of sp³-hybridized carbons (Fsp3) is 0. The molecule has 0 aliphatic heterocycles. The number of benzene rings is 2. The summed E-state index contributed by atoms with van der Waals surface area (Å²) in [4.78, 5) is 0. The van der Waals surface area contributed by atoms with Crippen molar-refractivity contribution in [3.05, 3.63) is 58.3 Å². The SMILES string of the molecule is Fc1cc(-c2c[c]ccc2Cl)ccc1Cl. The molecule has 0 spiro atoms. The lowest BCUT2D eigenvalue weighted by Crippen LogP contribution is -1.82. The van der Waals surface area contributed by atoms with Crippen LogP contribution in [0, 0.1) is 11.9 Å². The molecule has 0 bridgehead atoms. The first kappa shape index (κ1) is 10.5. The highest BCUT2D eigenvalue weighted by molar-refractivity contribution is 6.33. The van der Waals surface area contributed by atoms with Crippen molar-refractivity contribution in [2.24, 2.45) is 0 Å². The largest absolute Gasteiger partial charge is 0.205 e. The third-order valence-electron chi connectivity index (χ3n) is 2.04. The summed E-state index contributed by atoms with van der Waals surface area (Å²) < 4.78 is 13.2. The van der Waals surface area contributed by atoms with Gasteiger partial charge in [0.05, 0.1) is 5.02 Å². The van der Waals surface area contributed by atoms with Gasteiger partial charge in [-0.25, -0.2) is 4.39 Å². The van der Waals surface area contributed by atoms with Gasteiger partial charge in [-0.05, 0) is 35.9 Å². The first-order chi connectivity index (χ1) is 7.18. The van der Waals surface area contributed by atoms with Crippen LogP contribution in [0.15, 0.2) is 36.4 Å². The molecule has 0 fully saturated rings. The highest BCUT2D eigenvalue weighted by Crippen LogP contribution is 2.29. The van der Waals surface area contributed by atoms with Crippen molar-refractivity contribution in [1.82, 2.24) is 0 Å². The van der Waals surface area contributed by atoms with Crippen LogP contribution in [0.2, 0.25) is 10.0 Å². The first-order valence-electron chi connectivity index (χ1n) is 4.29. The van der Waals surface area contributed by atoms with E-state index in [4.69, 9.17) is 23.2 Å². The molecule has 2 rings (SSSR count). The lowest BCUT2D eigenvalue weighted by atomic mass is 10.1. The van der Waals surface area contributed by atoms with Crippen LogP contribution in [0.25, 0.3) is 11.1 Å². The van der Waals surface area contributed by atoms with Gasteiger partial charge in [0.25, 0.3) is 0 Å². The van der Waals surface area contributed by atoms with Gasteiger partial charge in [-0.15, -0.1) is 0 Å². The molecule has 3 heteroatoms. The Morgan fingerprint density at radius 3 is 2.53 bits per heavy atom. The summed E-state index contributed by atoms with van der Waals surface area (Å²) in [6.07, 6.45) is 0. The Balaban J connectivity index is 2.55. The van der Waals surface area contributed by atoms with Crippen LogP contribution in [0.5, 0.6) is 0 Å². The van der Waals surface area contributed by atoms with E-state index in [0.29, 0.717) is 10.6 Å². The van der Waals surface area contributed by atoms with Gasteiger partial charge in [-0.3, -0.25) is 0 Å². The second-order valence-corrected chi connectivity index (χ2v) is 3.85. The molecule has 0 N–H and O–H groups in total. The Morgan fingerprint density at radius 1 is 1.07 bits per heavy atom. The smallest absolute Gasteiger partial charge is 0.142 e. The minimum absolute atomic E-state index is 0.106. The minimum Gasteiger partial charge on any atom is -0.205 e. The molecule has 0 heterocycles. The molecule has 2 aromatic rings. The molecule has 0 amide bonds. The summed E-state index contributed by atoms with van der Waals surface area (Å²) in [6, 6.07) is 12.6. The zero-order valence-corrected chi connectivity index (χ0v) is 9.11. The van der Waals surface area contributed by atoms with Crippen LogP contribution in [0.4, 0.5) is 4.39 Å². The number of hydrogen-bond acceptors (Lipinski definition) is 0. The lowest BCUT2D eigenvalue weighted by Gasteiger charge is -2.04. The molecule has 0 aromatic heterocycles. The molecule has 15 heavy (non-hydrogen) atoms. The summed E-state index contributed by atoms with van der Waals surface area (Å²) in [5.74, 6) is -0.450. The van der Waals surface area contributed by atoms with E-state index in [9.17, 15) is 4.39 Å². The maximum atomic E-state index is 13.2. The van der Waals surface area contributed by atoms with E-state index in [0.717, 1.165) is 5.56 Å². The maximum absolute atomic E-state index is 13.2. The molecule has 0 atom stereocenters. The van der Waals surface area contributed by atoms with E-state index < -0.39 is 5.82 Å². The normalized spacial score (nSPS) is 10.3. The number of rotatable bonds is 1. The van der Waals surface area contributed by atoms with E-state index in [2.05, 4.69) is 6.07 Å². The minimum atomic E-state index is -0.450. The molecular formula is C12H6Cl2F. The molecule has 75 valence electrons. The molecule has 2 aromatic carbocycles. The van der Waals surface area contributed by atoms with Crippen LogP contribution in [0.3, 0.4) is 0 Å². The summed E-state index contributed by atoms with van der Waals surface area (Å²) >= 11 is 11.6. The van der Waals surface area contributed by atoms with E-state index in [1.54, 1.807) is 24.3 Å². The number of hydrogen-bond donors (Lipinski definition) is 0. The van der Waals surface area contributed by atoms with Gasteiger partial charge in [0, 0.05) is 10.6 Å². The van der Waals surface area contributed by atoms with Gasteiger partial charge in [0.1, 0.15) is 5.82 Å². The fourth-order valence-corrected chi connectivity index (χ4v) is 1.64. The second-order valence-electron chi connectivity index (χ2n) is 3.03. The van der Waals surface area contributed by atoms with Crippen molar-refractivity contribution in [3.8, 4) is 11.1 Å². The van der Waals surface area contributed by atoms with Gasteiger partial charge in [-0.1, -0.05) is 35.3 Å². The highest BCUT2D eigenvalue weighted by atomic mass is 35.5. The number of halogens is 3. The van der Waals surface area contributed by atoms with Gasteiger partial charge in [-0.2, -0.15) is 0 Å². The molecule has 1 radical (unpaired) electrons. The zero-order valence-electron chi connectivity index (χ0n) is 7.60. The first-order valence-corrected chi connectivity index (χ1v) is 5.05. The van der Waals surface area contributed by atoms with Crippen LogP contribution in [0.1, 0.15) is 0 Å². The molecule has 0 unspecified atom stereocenters. The molecule has 0 nitrogen and oxygen atoms in total. The lowest BCUT2D eigenvalue weighted by molar-refractivity contribution is 0.629. The van der Waals surface area contributed by atoms with Crippen molar-refractivity contribution in [1.29, 1.82) is 0 Å². The molecule has 0 aliphatic rings. The summed E-state index contributed by atoms with van der Waals surface area (Å²) in [5, 5.41) is 0.672. The van der Waals surface area contributed by atoms with E-state index in [1.165, 1.54) is 12.1 Å². The van der Waals surface area contributed by atoms with Crippen LogP contribution in [-0.4, -0.2) is 0 Å². The van der Waals surface area contributed by atoms with Crippen molar-refractivity contribution in [3.63, 3.8) is 0 Å². The van der Waals surface area contributed by atoms with Crippen molar-refractivity contribution in [2.45, 2.75) is 0 Å². The maximum Gasteiger partial charge on any atom is 0.142 e. The molecule has 0 aliphatic carbocycles.